The summed E-state index contributed by atoms with van der Waals surface area (Å²) in [6, 6.07) is 18.2. The Balaban J connectivity index is 2.63. The zero-order valence-corrected chi connectivity index (χ0v) is 8.59. The first-order valence-electron chi connectivity index (χ1n) is 5.12. The molecule has 0 saturated heterocycles. The van der Waals surface area contributed by atoms with Gasteiger partial charge in [-0.3, -0.25) is 0 Å². The Labute approximate surface area is 93.0 Å². The maximum Gasteiger partial charge on any atom is 0.297 e. The number of benzene rings is 1. The lowest BCUT2D eigenvalue weighted by molar-refractivity contribution is -0.513. The van der Waals surface area contributed by atoms with Crippen molar-refractivity contribution in [3.63, 3.8) is 0 Å². The van der Waals surface area contributed by atoms with Gasteiger partial charge in [-0.15, -0.1) is 0 Å². The highest BCUT2D eigenvalue weighted by atomic mass is 14.9. The highest BCUT2D eigenvalue weighted by Gasteiger charge is 2.13. The molecule has 2 heterocycles. The van der Waals surface area contributed by atoms with Crippen molar-refractivity contribution in [1.29, 1.82) is 5.26 Å². The molecule has 0 amide bonds. The van der Waals surface area contributed by atoms with Crippen molar-refractivity contribution in [3.05, 3.63) is 60.4 Å². The summed E-state index contributed by atoms with van der Waals surface area (Å²) in [5.74, 6) is 0. The largest absolute Gasteiger partial charge is 0.297 e. The lowest BCUT2D eigenvalue weighted by Crippen LogP contribution is -2.25. The third-order valence-corrected chi connectivity index (χ3v) is 2.76. The maximum absolute atomic E-state index is 9.26. The number of nitrogens with zero attached hydrogens (tertiary/aromatic N) is 2. The van der Waals surface area contributed by atoms with Crippen molar-refractivity contribution in [1.82, 2.24) is 0 Å². The van der Waals surface area contributed by atoms with E-state index in [0.29, 0.717) is 5.69 Å². The molecule has 3 aromatic rings. The van der Waals surface area contributed by atoms with Crippen LogP contribution in [0.25, 0.3) is 16.3 Å². The third-order valence-electron chi connectivity index (χ3n) is 2.76. The van der Waals surface area contributed by atoms with Gasteiger partial charge >= 0.3 is 0 Å². The summed E-state index contributed by atoms with van der Waals surface area (Å²) in [7, 11) is 0. The SMILES string of the molecule is N#Cc1c2ccccc2cc2cccc[n+]12. The Morgan fingerprint density at radius 2 is 1.81 bits per heavy atom. The van der Waals surface area contributed by atoms with Crippen LogP contribution in [-0.4, -0.2) is 0 Å². The number of hydrogen-bond donors (Lipinski definition) is 0. The highest BCUT2D eigenvalue weighted by Crippen LogP contribution is 2.16. The Hall–Kier alpha value is -2.40. The Morgan fingerprint density at radius 3 is 2.69 bits per heavy atom. The van der Waals surface area contributed by atoms with E-state index >= 15 is 0 Å². The van der Waals surface area contributed by atoms with Gasteiger partial charge in [-0.25, -0.2) is 0 Å². The number of nitriles is 1. The monoisotopic (exact) mass is 205 g/mol. The number of fused-ring (bicyclic) bond motifs is 2. The van der Waals surface area contributed by atoms with Crippen LogP contribution in [0.5, 0.6) is 0 Å². The number of rotatable bonds is 0. The topological polar surface area (TPSA) is 27.9 Å². The van der Waals surface area contributed by atoms with Gasteiger partial charge in [0.05, 0.1) is 5.39 Å². The average Bonchev–Trinajstić information content (AvgIpc) is 2.36. The fourth-order valence-corrected chi connectivity index (χ4v) is 2.02. The first-order chi connectivity index (χ1) is 7.90. The van der Waals surface area contributed by atoms with Gasteiger partial charge in [-0.2, -0.15) is 9.66 Å². The van der Waals surface area contributed by atoms with E-state index in [1.807, 2.05) is 53.1 Å². The second kappa shape index (κ2) is 3.32. The molecule has 0 aliphatic rings. The maximum atomic E-state index is 9.26. The molecule has 2 heteroatoms. The molecule has 0 N–H and O–H groups in total. The number of pyridine rings is 2. The molecule has 0 aliphatic heterocycles. The van der Waals surface area contributed by atoms with Crippen LogP contribution >= 0.6 is 0 Å². The molecule has 1 aromatic carbocycles. The fourth-order valence-electron chi connectivity index (χ4n) is 2.02. The van der Waals surface area contributed by atoms with Gasteiger partial charge in [-0.1, -0.05) is 18.2 Å². The molecular weight excluding hydrogens is 196 g/mol. The zero-order chi connectivity index (χ0) is 11.0. The number of hydrogen-bond acceptors (Lipinski definition) is 1. The summed E-state index contributed by atoms with van der Waals surface area (Å²) in [5, 5.41) is 11.4. The van der Waals surface area contributed by atoms with Crippen molar-refractivity contribution in [2.45, 2.75) is 0 Å². The summed E-state index contributed by atoms with van der Waals surface area (Å²) in [6.07, 6.45) is 1.92. The second-order valence-corrected chi connectivity index (χ2v) is 3.69. The molecule has 74 valence electrons. The van der Waals surface area contributed by atoms with E-state index in [1.54, 1.807) is 0 Å². The van der Waals surface area contributed by atoms with Crippen LogP contribution in [0.4, 0.5) is 0 Å². The Morgan fingerprint density at radius 1 is 1.00 bits per heavy atom. The van der Waals surface area contributed by atoms with Gasteiger partial charge < -0.3 is 0 Å². The van der Waals surface area contributed by atoms with E-state index in [9.17, 15) is 5.26 Å². The molecule has 0 bridgehead atoms. The minimum atomic E-state index is 0.689. The summed E-state index contributed by atoms with van der Waals surface area (Å²) < 4.78 is 1.92. The minimum absolute atomic E-state index is 0.689. The molecule has 0 atom stereocenters. The minimum Gasteiger partial charge on any atom is -0.186 e. The van der Waals surface area contributed by atoms with Crippen molar-refractivity contribution in [2.75, 3.05) is 0 Å². The predicted molar refractivity (Wildman–Crippen MR) is 61.8 cm³/mol. The van der Waals surface area contributed by atoms with Crippen molar-refractivity contribution < 1.29 is 4.40 Å². The smallest absolute Gasteiger partial charge is 0.186 e. The van der Waals surface area contributed by atoms with Crippen molar-refractivity contribution in [3.8, 4) is 6.07 Å². The molecule has 3 rings (SSSR count). The highest BCUT2D eigenvalue weighted by molar-refractivity contribution is 5.87. The molecule has 0 unspecified atom stereocenters. The summed E-state index contributed by atoms with van der Waals surface area (Å²) in [5.41, 5.74) is 1.73. The van der Waals surface area contributed by atoms with Crippen LogP contribution in [0.1, 0.15) is 5.69 Å². The van der Waals surface area contributed by atoms with Crippen LogP contribution in [0.3, 0.4) is 0 Å². The molecule has 0 aliphatic carbocycles. The summed E-state index contributed by atoms with van der Waals surface area (Å²) >= 11 is 0. The lowest BCUT2D eigenvalue weighted by atomic mass is 10.1. The molecular formula is C14H9N2+. The molecule has 0 fully saturated rings. The first-order valence-corrected chi connectivity index (χ1v) is 5.12. The molecule has 16 heavy (non-hydrogen) atoms. The Bertz CT molecular complexity index is 669. The van der Waals surface area contributed by atoms with Crippen LogP contribution < -0.4 is 4.40 Å². The van der Waals surface area contributed by atoms with Gasteiger partial charge in [0.15, 0.2) is 12.3 Å². The van der Waals surface area contributed by atoms with Crippen LogP contribution in [0.2, 0.25) is 0 Å². The van der Waals surface area contributed by atoms with Gasteiger partial charge in [0.25, 0.3) is 5.69 Å². The molecule has 0 spiro atoms. The van der Waals surface area contributed by atoms with E-state index in [4.69, 9.17) is 0 Å². The molecule has 0 saturated carbocycles. The summed E-state index contributed by atoms with van der Waals surface area (Å²) in [6.45, 7) is 0. The van der Waals surface area contributed by atoms with Gasteiger partial charge in [0.1, 0.15) is 0 Å². The fraction of sp³-hybridized carbons (Fsp3) is 0. The third kappa shape index (κ3) is 1.15. The van der Waals surface area contributed by atoms with E-state index in [-0.39, 0.29) is 0 Å². The van der Waals surface area contributed by atoms with Crippen LogP contribution in [0, 0.1) is 11.3 Å². The van der Waals surface area contributed by atoms with Gasteiger partial charge in [0.2, 0.25) is 5.52 Å². The summed E-state index contributed by atoms with van der Waals surface area (Å²) in [4.78, 5) is 0. The van der Waals surface area contributed by atoms with Crippen molar-refractivity contribution in [2.24, 2.45) is 0 Å². The molecule has 2 nitrogen and oxygen atoms in total. The normalized spacial score (nSPS) is 10.4. The average molecular weight is 205 g/mol. The predicted octanol–water partition coefficient (Wildman–Crippen LogP) is 2.45. The van der Waals surface area contributed by atoms with Crippen LogP contribution in [0.15, 0.2) is 54.7 Å². The lowest BCUT2D eigenvalue weighted by Gasteiger charge is -1.98. The van der Waals surface area contributed by atoms with E-state index in [2.05, 4.69) is 12.1 Å². The second-order valence-electron chi connectivity index (χ2n) is 3.69. The zero-order valence-electron chi connectivity index (χ0n) is 8.59. The van der Waals surface area contributed by atoms with E-state index in [1.165, 1.54) is 0 Å². The van der Waals surface area contributed by atoms with Gasteiger partial charge in [-0.05, 0) is 17.5 Å². The standard InChI is InChI=1S/C14H9N2/c15-10-14-13-7-2-1-5-11(13)9-12-6-3-4-8-16(12)14/h1-9H/q+1. The molecule has 0 radical (unpaired) electrons. The van der Waals surface area contributed by atoms with Crippen LogP contribution in [-0.2, 0) is 0 Å². The number of aromatic nitrogens is 1. The first kappa shape index (κ1) is 8.87. The van der Waals surface area contributed by atoms with E-state index in [0.717, 1.165) is 16.3 Å². The van der Waals surface area contributed by atoms with Gasteiger partial charge in [0, 0.05) is 18.2 Å². The van der Waals surface area contributed by atoms with Crippen molar-refractivity contribution >= 4 is 16.3 Å². The Kier molecular flexibility index (Phi) is 1.84. The molecule has 2 aromatic heterocycles. The van der Waals surface area contributed by atoms with E-state index < -0.39 is 0 Å². The quantitative estimate of drug-likeness (QED) is 0.409.